The van der Waals surface area contributed by atoms with Gasteiger partial charge in [-0.3, -0.25) is 19.3 Å². The first-order valence-electron chi connectivity index (χ1n) is 9.26. The van der Waals surface area contributed by atoms with E-state index in [2.05, 4.69) is 15.8 Å². The van der Waals surface area contributed by atoms with Gasteiger partial charge in [0.05, 0.1) is 18.8 Å². The van der Waals surface area contributed by atoms with Crippen LogP contribution in [0.25, 0.3) is 0 Å². The van der Waals surface area contributed by atoms with Crippen LogP contribution in [0.5, 0.6) is 0 Å². The van der Waals surface area contributed by atoms with Crippen molar-refractivity contribution < 1.29 is 23.6 Å². The van der Waals surface area contributed by atoms with E-state index in [0.29, 0.717) is 30.4 Å². The molecule has 2 rings (SSSR count). The van der Waals surface area contributed by atoms with Crippen LogP contribution in [-0.2, 0) is 19.1 Å². The second kappa shape index (κ2) is 11.0. The van der Waals surface area contributed by atoms with Crippen molar-refractivity contribution in [3.05, 3.63) is 41.7 Å². The van der Waals surface area contributed by atoms with E-state index >= 15 is 0 Å². The van der Waals surface area contributed by atoms with Gasteiger partial charge in [0.25, 0.3) is 0 Å². The van der Waals surface area contributed by atoms with E-state index in [-0.39, 0.29) is 37.1 Å². The maximum absolute atomic E-state index is 12.8. The average molecular weight is 402 g/mol. The van der Waals surface area contributed by atoms with Gasteiger partial charge in [-0.15, -0.1) is 0 Å². The second-order valence-corrected chi connectivity index (χ2v) is 6.48. The number of anilines is 2. The lowest BCUT2D eigenvalue weighted by Gasteiger charge is -2.20. The van der Waals surface area contributed by atoms with Gasteiger partial charge >= 0.3 is 0 Å². The smallest absolute Gasteiger partial charge is 0.239 e. The molecule has 0 spiro atoms. The number of carbonyl (C=O) groups excluding carboxylic acids is 3. The quantitative estimate of drug-likeness (QED) is 0.584. The van der Waals surface area contributed by atoms with Crippen molar-refractivity contribution in [3.63, 3.8) is 0 Å². The van der Waals surface area contributed by atoms with E-state index in [0.717, 1.165) is 5.56 Å². The van der Waals surface area contributed by atoms with Crippen LogP contribution in [0, 0.1) is 13.8 Å². The zero-order valence-electron chi connectivity index (χ0n) is 16.9. The average Bonchev–Trinajstić information content (AvgIpc) is 3.12. The third kappa shape index (κ3) is 7.04. The van der Waals surface area contributed by atoms with Crippen molar-refractivity contribution in [2.75, 3.05) is 31.7 Å². The number of benzene rings is 1. The summed E-state index contributed by atoms with van der Waals surface area (Å²) in [7, 11) is 1.53. The minimum atomic E-state index is -0.388. The molecule has 0 fully saturated rings. The van der Waals surface area contributed by atoms with Crippen LogP contribution < -0.4 is 15.5 Å². The van der Waals surface area contributed by atoms with E-state index in [1.807, 2.05) is 31.2 Å². The van der Waals surface area contributed by atoms with Crippen molar-refractivity contribution in [3.8, 4) is 0 Å². The van der Waals surface area contributed by atoms with Crippen LogP contribution in [0.4, 0.5) is 11.5 Å². The number of nitrogens with zero attached hydrogens (tertiary/aromatic N) is 2. The molecule has 1 heterocycles. The van der Waals surface area contributed by atoms with Crippen molar-refractivity contribution in [1.29, 1.82) is 0 Å². The van der Waals surface area contributed by atoms with Crippen LogP contribution >= 0.6 is 0 Å². The summed E-state index contributed by atoms with van der Waals surface area (Å²) in [6, 6.07) is 9.04. The Bertz CT molecular complexity index is 832. The van der Waals surface area contributed by atoms with Gasteiger partial charge in [-0.25, -0.2) is 0 Å². The molecule has 0 saturated carbocycles. The predicted octanol–water partition coefficient (Wildman–Crippen LogP) is 1.62. The summed E-state index contributed by atoms with van der Waals surface area (Å²) >= 11 is 0. The van der Waals surface area contributed by atoms with E-state index in [4.69, 9.17) is 9.26 Å². The Labute approximate surface area is 169 Å². The summed E-state index contributed by atoms with van der Waals surface area (Å²) in [5.41, 5.74) is 1.69. The topological polar surface area (TPSA) is 114 Å². The summed E-state index contributed by atoms with van der Waals surface area (Å²) in [5.74, 6) is -0.0835. The number of hydrogen-bond donors (Lipinski definition) is 2. The molecule has 0 aliphatic carbocycles. The Morgan fingerprint density at radius 3 is 2.41 bits per heavy atom. The molecule has 2 aromatic rings. The summed E-state index contributed by atoms with van der Waals surface area (Å²) in [6.07, 6.45) is -0.0969. The number of carbonyl (C=O) groups is 3. The third-order valence-corrected chi connectivity index (χ3v) is 4.03. The molecule has 0 aliphatic rings. The van der Waals surface area contributed by atoms with Crippen LogP contribution in [0.3, 0.4) is 0 Å². The molecule has 1 aromatic carbocycles. The minimum absolute atomic E-state index is 0.0447. The first kappa shape index (κ1) is 22.1. The van der Waals surface area contributed by atoms with Gasteiger partial charge in [0.2, 0.25) is 17.7 Å². The number of ether oxygens (including phenoxy) is 1. The van der Waals surface area contributed by atoms with Crippen molar-refractivity contribution in [2.45, 2.75) is 26.7 Å². The first-order chi connectivity index (χ1) is 13.9. The normalized spacial score (nSPS) is 10.4. The lowest BCUT2D eigenvalue weighted by atomic mass is 10.2. The first-order valence-corrected chi connectivity index (χ1v) is 9.26. The Hall–Kier alpha value is -3.20. The van der Waals surface area contributed by atoms with Crippen LogP contribution in [-0.4, -0.2) is 49.7 Å². The molecule has 3 amide bonds. The highest BCUT2D eigenvalue weighted by Gasteiger charge is 2.22. The Morgan fingerprint density at radius 2 is 1.79 bits per heavy atom. The van der Waals surface area contributed by atoms with E-state index in [1.165, 1.54) is 12.0 Å². The van der Waals surface area contributed by atoms with Crippen LogP contribution in [0.1, 0.15) is 24.2 Å². The van der Waals surface area contributed by atoms with Gasteiger partial charge in [-0.1, -0.05) is 22.9 Å². The van der Waals surface area contributed by atoms with Gasteiger partial charge in [-0.2, -0.15) is 0 Å². The Morgan fingerprint density at radius 1 is 1.07 bits per heavy atom. The lowest BCUT2D eigenvalue weighted by Crippen LogP contribution is -2.38. The summed E-state index contributed by atoms with van der Waals surface area (Å²) < 4.78 is 9.93. The Kier molecular flexibility index (Phi) is 8.35. The summed E-state index contributed by atoms with van der Waals surface area (Å²) in [6.45, 7) is 4.29. The van der Waals surface area contributed by atoms with E-state index < -0.39 is 0 Å². The summed E-state index contributed by atoms with van der Waals surface area (Å²) in [4.78, 5) is 37.8. The molecule has 0 atom stereocenters. The number of nitrogens with one attached hydrogen (secondary N) is 2. The molecular formula is C20H26N4O5. The van der Waals surface area contributed by atoms with Gasteiger partial charge in [0, 0.05) is 32.6 Å². The molecule has 1 aromatic heterocycles. The second-order valence-electron chi connectivity index (χ2n) is 6.48. The van der Waals surface area contributed by atoms with Gasteiger partial charge in [0.15, 0.2) is 5.82 Å². The highest BCUT2D eigenvalue weighted by Crippen LogP contribution is 2.26. The van der Waals surface area contributed by atoms with Crippen LogP contribution in [0.15, 0.2) is 34.9 Å². The van der Waals surface area contributed by atoms with Gasteiger partial charge < -0.3 is 19.9 Å². The molecule has 0 aliphatic heterocycles. The molecule has 9 nitrogen and oxygen atoms in total. The highest BCUT2D eigenvalue weighted by atomic mass is 16.5. The van der Waals surface area contributed by atoms with Gasteiger partial charge in [0.1, 0.15) is 5.76 Å². The van der Waals surface area contributed by atoms with E-state index in [1.54, 1.807) is 13.0 Å². The number of aromatic nitrogens is 1. The summed E-state index contributed by atoms with van der Waals surface area (Å²) in [5, 5.41) is 9.02. The van der Waals surface area contributed by atoms with Gasteiger partial charge in [-0.05, 0) is 26.0 Å². The zero-order valence-corrected chi connectivity index (χ0v) is 16.9. The SMILES string of the molecule is COCCNC(=O)CNC(=O)CCC(=O)N(c1ccc(C)cc1)c1cc(C)on1. The molecule has 0 bridgehead atoms. The monoisotopic (exact) mass is 402 g/mol. The van der Waals surface area contributed by atoms with Crippen LogP contribution in [0.2, 0.25) is 0 Å². The van der Waals surface area contributed by atoms with Crippen molar-refractivity contribution >= 4 is 29.2 Å². The fraction of sp³-hybridized carbons (Fsp3) is 0.400. The van der Waals surface area contributed by atoms with E-state index in [9.17, 15) is 14.4 Å². The maximum atomic E-state index is 12.8. The fourth-order valence-electron chi connectivity index (χ4n) is 2.51. The van der Waals surface area contributed by atoms with Crippen molar-refractivity contribution in [1.82, 2.24) is 15.8 Å². The standard InChI is InChI=1S/C20H26N4O5/c1-14-4-6-16(7-5-14)24(17-12-15(2)29-23-17)20(27)9-8-18(25)22-13-19(26)21-10-11-28-3/h4-7,12H,8-11,13H2,1-3H3,(H,21,26)(H,22,25). The molecule has 2 N–H and O–H groups in total. The predicted molar refractivity (Wildman–Crippen MR) is 107 cm³/mol. The number of rotatable bonds is 10. The fourth-order valence-corrected chi connectivity index (χ4v) is 2.51. The molecule has 0 unspecified atom stereocenters. The lowest BCUT2D eigenvalue weighted by molar-refractivity contribution is -0.127. The highest BCUT2D eigenvalue weighted by molar-refractivity contribution is 6.01. The minimum Gasteiger partial charge on any atom is -0.383 e. The third-order valence-electron chi connectivity index (χ3n) is 4.03. The number of aryl methyl sites for hydroxylation is 2. The molecule has 156 valence electrons. The molecular weight excluding hydrogens is 376 g/mol. The number of amides is 3. The molecule has 0 radical (unpaired) electrons. The largest absolute Gasteiger partial charge is 0.383 e. The number of methoxy groups -OCH3 is 1. The molecule has 29 heavy (non-hydrogen) atoms. The number of hydrogen-bond acceptors (Lipinski definition) is 6. The van der Waals surface area contributed by atoms with Crippen molar-refractivity contribution in [2.24, 2.45) is 0 Å². The molecule has 9 heteroatoms. The zero-order chi connectivity index (χ0) is 21.2. The molecule has 0 saturated heterocycles. The maximum Gasteiger partial charge on any atom is 0.239 e. The Balaban J connectivity index is 1.93.